The van der Waals surface area contributed by atoms with Gasteiger partial charge in [-0.05, 0) is 24.7 Å². The minimum absolute atomic E-state index is 0.0689. The number of rotatable bonds is 2. The van der Waals surface area contributed by atoms with Gasteiger partial charge >= 0.3 is 0 Å². The SMILES string of the molecule is CC(C)C1(N)CCCC(N)C1(C)C(C)C. The normalized spacial score (nSPS) is 42.6. The van der Waals surface area contributed by atoms with E-state index in [0.717, 1.165) is 12.8 Å². The van der Waals surface area contributed by atoms with E-state index in [1.165, 1.54) is 6.42 Å². The molecule has 3 unspecified atom stereocenters. The lowest BCUT2D eigenvalue weighted by Gasteiger charge is -2.58. The van der Waals surface area contributed by atoms with Crippen molar-refractivity contribution in [3.63, 3.8) is 0 Å². The van der Waals surface area contributed by atoms with Gasteiger partial charge < -0.3 is 11.5 Å². The first-order valence-corrected chi connectivity index (χ1v) is 6.31. The average molecular weight is 212 g/mol. The van der Waals surface area contributed by atoms with Gasteiger partial charge in [-0.3, -0.25) is 0 Å². The molecule has 0 saturated heterocycles. The Bertz CT molecular complexity index is 225. The largest absolute Gasteiger partial charge is 0.327 e. The molecule has 3 atom stereocenters. The summed E-state index contributed by atoms with van der Waals surface area (Å²) >= 11 is 0. The summed E-state index contributed by atoms with van der Waals surface area (Å²) in [6, 6.07) is 0.249. The van der Waals surface area contributed by atoms with Gasteiger partial charge in [-0.25, -0.2) is 0 Å². The maximum Gasteiger partial charge on any atom is 0.0249 e. The first-order chi connectivity index (χ1) is 6.76. The van der Waals surface area contributed by atoms with Crippen molar-refractivity contribution >= 4 is 0 Å². The molecular formula is C13H28N2. The fourth-order valence-electron chi connectivity index (χ4n) is 3.41. The topological polar surface area (TPSA) is 52.0 Å². The van der Waals surface area contributed by atoms with E-state index in [2.05, 4.69) is 34.6 Å². The number of hydrogen-bond acceptors (Lipinski definition) is 2. The van der Waals surface area contributed by atoms with Crippen molar-refractivity contribution in [3.8, 4) is 0 Å². The van der Waals surface area contributed by atoms with Crippen molar-refractivity contribution < 1.29 is 0 Å². The minimum atomic E-state index is -0.0984. The molecule has 15 heavy (non-hydrogen) atoms. The van der Waals surface area contributed by atoms with Gasteiger partial charge in [-0.2, -0.15) is 0 Å². The maximum atomic E-state index is 6.69. The molecule has 1 fully saturated rings. The van der Waals surface area contributed by atoms with Crippen LogP contribution in [0, 0.1) is 17.3 Å². The first-order valence-electron chi connectivity index (χ1n) is 6.31. The van der Waals surface area contributed by atoms with Crippen molar-refractivity contribution in [3.05, 3.63) is 0 Å². The zero-order valence-corrected chi connectivity index (χ0v) is 11.0. The van der Waals surface area contributed by atoms with Gasteiger partial charge in [0.25, 0.3) is 0 Å². The monoisotopic (exact) mass is 212 g/mol. The van der Waals surface area contributed by atoms with Gasteiger partial charge in [0, 0.05) is 17.0 Å². The second kappa shape index (κ2) is 4.06. The molecule has 0 radical (unpaired) electrons. The van der Waals surface area contributed by atoms with Crippen LogP contribution in [0.2, 0.25) is 0 Å². The lowest BCUT2D eigenvalue weighted by molar-refractivity contribution is -0.0178. The third-order valence-electron chi connectivity index (χ3n) is 5.11. The standard InChI is InChI=1S/C13H28N2/c1-9(2)12(5)11(14)7-6-8-13(12,15)10(3)4/h9-11H,6-8,14-15H2,1-5H3. The second-order valence-corrected chi connectivity index (χ2v) is 6.13. The lowest BCUT2D eigenvalue weighted by atomic mass is 9.52. The molecule has 0 aromatic carbocycles. The van der Waals surface area contributed by atoms with Gasteiger partial charge in [0.1, 0.15) is 0 Å². The molecule has 1 rings (SSSR count). The highest BCUT2D eigenvalue weighted by Crippen LogP contribution is 2.50. The van der Waals surface area contributed by atoms with E-state index in [0.29, 0.717) is 11.8 Å². The van der Waals surface area contributed by atoms with Crippen LogP contribution < -0.4 is 11.5 Å². The summed E-state index contributed by atoms with van der Waals surface area (Å²) in [5.41, 5.74) is 13.0. The van der Waals surface area contributed by atoms with Gasteiger partial charge in [-0.15, -0.1) is 0 Å². The highest BCUT2D eigenvalue weighted by molar-refractivity contribution is 5.10. The molecule has 0 bridgehead atoms. The quantitative estimate of drug-likeness (QED) is 0.739. The summed E-state index contributed by atoms with van der Waals surface area (Å²) in [7, 11) is 0. The van der Waals surface area contributed by atoms with Crippen molar-refractivity contribution in [1.82, 2.24) is 0 Å². The van der Waals surface area contributed by atoms with E-state index in [4.69, 9.17) is 11.5 Å². The van der Waals surface area contributed by atoms with E-state index >= 15 is 0 Å². The van der Waals surface area contributed by atoms with Crippen molar-refractivity contribution in [2.45, 2.75) is 65.5 Å². The van der Waals surface area contributed by atoms with Gasteiger partial charge in [-0.1, -0.05) is 41.0 Å². The fraction of sp³-hybridized carbons (Fsp3) is 1.00. The maximum absolute atomic E-state index is 6.69. The third kappa shape index (κ3) is 1.72. The summed E-state index contributed by atoms with van der Waals surface area (Å²) in [5.74, 6) is 1.04. The molecular weight excluding hydrogens is 184 g/mol. The zero-order valence-electron chi connectivity index (χ0n) is 11.0. The fourth-order valence-corrected chi connectivity index (χ4v) is 3.41. The van der Waals surface area contributed by atoms with Gasteiger partial charge in [0.15, 0.2) is 0 Å². The Hall–Kier alpha value is -0.0800. The minimum Gasteiger partial charge on any atom is -0.327 e. The van der Waals surface area contributed by atoms with E-state index in [1.807, 2.05) is 0 Å². The molecule has 0 amide bonds. The molecule has 2 heteroatoms. The molecule has 0 heterocycles. The molecule has 4 N–H and O–H groups in total. The molecule has 1 aliphatic carbocycles. The van der Waals surface area contributed by atoms with Crippen molar-refractivity contribution in [2.24, 2.45) is 28.7 Å². The molecule has 1 saturated carbocycles. The van der Waals surface area contributed by atoms with Crippen molar-refractivity contribution in [1.29, 1.82) is 0 Å². The van der Waals surface area contributed by atoms with E-state index in [9.17, 15) is 0 Å². The molecule has 1 aliphatic rings. The van der Waals surface area contributed by atoms with E-state index < -0.39 is 0 Å². The summed E-state index contributed by atoms with van der Waals surface area (Å²) < 4.78 is 0. The van der Waals surface area contributed by atoms with E-state index in [-0.39, 0.29) is 17.0 Å². The molecule has 0 aromatic heterocycles. The average Bonchev–Trinajstić information content (AvgIpc) is 2.13. The smallest absolute Gasteiger partial charge is 0.0249 e. The lowest BCUT2D eigenvalue weighted by Crippen LogP contribution is -2.68. The van der Waals surface area contributed by atoms with Crippen LogP contribution in [0.4, 0.5) is 0 Å². The Morgan fingerprint density at radius 2 is 1.67 bits per heavy atom. The third-order valence-corrected chi connectivity index (χ3v) is 5.11. The highest BCUT2D eigenvalue weighted by Gasteiger charge is 2.54. The Kier molecular flexibility index (Phi) is 3.52. The van der Waals surface area contributed by atoms with Crippen LogP contribution in [0.25, 0.3) is 0 Å². The molecule has 0 aromatic rings. The summed E-state index contributed by atoms with van der Waals surface area (Å²) in [5, 5.41) is 0. The van der Waals surface area contributed by atoms with Crippen LogP contribution in [0.15, 0.2) is 0 Å². The summed E-state index contributed by atoms with van der Waals surface area (Å²) in [6.45, 7) is 11.3. The molecule has 2 nitrogen and oxygen atoms in total. The van der Waals surface area contributed by atoms with Gasteiger partial charge in [0.2, 0.25) is 0 Å². The van der Waals surface area contributed by atoms with Crippen LogP contribution >= 0.6 is 0 Å². The zero-order chi connectivity index (χ0) is 11.9. The summed E-state index contributed by atoms with van der Waals surface area (Å²) in [4.78, 5) is 0. The predicted molar refractivity (Wildman–Crippen MR) is 66.5 cm³/mol. The number of hydrogen-bond donors (Lipinski definition) is 2. The van der Waals surface area contributed by atoms with Crippen LogP contribution in [0.3, 0.4) is 0 Å². The van der Waals surface area contributed by atoms with Crippen LogP contribution in [-0.4, -0.2) is 11.6 Å². The second-order valence-electron chi connectivity index (χ2n) is 6.13. The highest BCUT2D eigenvalue weighted by atomic mass is 14.9. The Morgan fingerprint density at radius 3 is 2.00 bits per heavy atom. The molecule has 0 spiro atoms. The Balaban J connectivity index is 3.12. The summed E-state index contributed by atoms with van der Waals surface area (Å²) in [6.07, 6.45) is 3.42. The predicted octanol–water partition coefficient (Wildman–Crippen LogP) is 2.51. The molecule has 90 valence electrons. The van der Waals surface area contributed by atoms with E-state index in [1.54, 1.807) is 0 Å². The van der Waals surface area contributed by atoms with Gasteiger partial charge in [0.05, 0.1) is 0 Å². The Labute approximate surface area is 94.8 Å². The number of nitrogens with two attached hydrogens (primary N) is 2. The van der Waals surface area contributed by atoms with Crippen molar-refractivity contribution in [2.75, 3.05) is 0 Å². The van der Waals surface area contributed by atoms with Crippen LogP contribution in [0.1, 0.15) is 53.9 Å². The molecule has 0 aliphatic heterocycles. The Morgan fingerprint density at radius 1 is 1.13 bits per heavy atom. The first kappa shape index (κ1) is 13.0. The van der Waals surface area contributed by atoms with Crippen LogP contribution in [0.5, 0.6) is 0 Å². The van der Waals surface area contributed by atoms with Crippen LogP contribution in [-0.2, 0) is 0 Å².